The Morgan fingerprint density at radius 1 is 1.08 bits per heavy atom. The van der Waals surface area contributed by atoms with Crippen LogP contribution in [0.5, 0.6) is 0 Å². The summed E-state index contributed by atoms with van der Waals surface area (Å²) >= 11 is 11.5. The summed E-state index contributed by atoms with van der Waals surface area (Å²) in [4.78, 5) is 25.3. The molecule has 0 unspecified atom stereocenters. The van der Waals surface area contributed by atoms with E-state index in [0.717, 1.165) is 17.0 Å². The van der Waals surface area contributed by atoms with Gasteiger partial charge in [-0.1, -0.05) is 23.2 Å². The second kappa shape index (κ2) is 7.59. The van der Waals surface area contributed by atoms with Crippen molar-refractivity contribution in [3.63, 3.8) is 0 Å². The molecule has 0 bridgehead atoms. The summed E-state index contributed by atoms with van der Waals surface area (Å²) in [5.41, 5.74) is 0.286. The van der Waals surface area contributed by atoms with Gasteiger partial charge in [-0.05, 0) is 36.4 Å². The minimum Gasteiger partial charge on any atom is -0.332 e. The van der Waals surface area contributed by atoms with Gasteiger partial charge in [0, 0.05) is 12.7 Å². The van der Waals surface area contributed by atoms with Crippen LogP contribution in [0.1, 0.15) is 10.4 Å². The Hall–Kier alpha value is -2.18. The van der Waals surface area contributed by atoms with E-state index < -0.39 is 23.4 Å². The highest BCUT2D eigenvalue weighted by atomic mass is 35.5. The highest BCUT2D eigenvalue weighted by Crippen LogP contribution is 2.25. The summed E-state index contributed by atoms with van der Waals surface area (Å²) in [6.07, 6.45) is 0. The van der Waals surface area contributed by atoms with Crippen molar-refractivity contribution in [3.05, 3.63) is 63.6 Å². The third kappa shape index (κ3) is 4.43. The van der Waals surface area contributed by atoms with Gasteiger partial charge in [0.05, 0.1) is 22.2 Å². The van der Waals surface area contributed by atoms with Crippen LogP contribution in [0.4, 0.5) is 14.5 Å². The van der Waals surface area contributed by atoms with E-state index >= 15 is 0 Å². The van der Waals surface area contributed by atoms with Crippen LogP contribution in [-0.2, 0) is 4.79 Å². The average Bonchev–Trinajstić information content (AvgIpc) is 2.52. The van der Waals surface area contributed by atoms with E-state index in [1.807, 2.05) is 0 Å². The molecule has 0 saturated heterocycles. The number of nitrogens with one attached hydrogen (secondary N) is 1. The lowest BCUT2D eigenvalue weighted by molar-refractivity contribution is -0.116. The van der Waals surface area contributed by atoms with Gasteiger partial charge < -0.3 is 10.2 Å². The van der Waals surface area contributed by atoms with Crippen molar-refractivity contribution in [3.8, 4) is 0 Å². The second-order valence-corrected chi connectivity index (χ2v) is 5.78. The fourth-order valence-electron chi connectivity index (χ4n) is 1.91. The zero-order chi connectivity index (χ0) is 17.9. The van der Waals surface area contributed by atoms with E-state index in [2.05, 4.69) is 5.32 Å². The molecule has 0 aliphatic rings. The molecular weight excluding hydrogens is 361 g/mol. The van der Waals surface area contributed by atoms with Crippen LogP contribution in [0, 0.1) is 11.6 Å². The molecule has 0 radical (unpaired) electrons. The first kappa shape index (κ1) is 18.2. The van der Waals surface area contributed by atoms with E-state index in [-0.39, 0.29) is 22.2 Å². The van der Waals surface area contributed by atoms with Crippen molar-refractivity contribution in [1.29, 1.82) is 0 Å². The van der Waals surface area contributed by atoms with Gasteiger partial charge in [-0.15, -0.1) is 0 Å². The predicted octanol–water partition coefficient (Wildman–Crippen LogP) is 3.98. The number of anilines is 1. The number of halogens is 4. The Balaban J connectivity index is 2.04. The standard InChI is InChI=1S/C16H12Cl2F2N2O2/c1-22(8-15(23)21-10-4-2-9(19)3-5-10)16(24)11-6-14(20)13(18)7-12(11)17/h2-7H,8H2,1H3,(H,21,23). The van der Waals surface area contributed by atoms with Crippen LogP contribution in [0.25, 0.3) is 0 Å². The highest BCUT2D eigenvalue weighted by molar-refractivity contribution is 6.36. The van der Waals surface area contributed by atoms with Crippen molar-refractivity contribution in [2.24, 2.45) is 0 Å². The van der Waals surface area contributed by atoms with Crippen molar-refractivity contribution in [2.75, 3.05) is 18.9 Å². The molecule has 2 amide bonds. The molecular formula is C16H12Cl2F2N2O2. The maximum Gasteiger partial charge on any atom is 0.255 e. The summed E-state index contributed by atoms with van der Waals surface area (Å²) in [6, 6.07) is 7.21. The highest BCUT2D eigenvalue weighted by Gasteiger charge is 2.19. The Kier molecular flexibility index (Phi) is 5.75. The Morgan fingerprint density at radius 2 is 1.71 bits per heavy atom. The third-order valence-corrected chi connectivity index (χ3v) is 3.70. The van der Waals surface area contributed by atoms with Crippen molar-refractivity contribution < 1.29 is 18.4 Å². The average molecular weight is 373 g/mol. The second-order valence-electron chi connectivity index (χ2n) is 4.96. The zero-order valence-electron chi connectivity index (χ0n) is 12.4. The first-order chi connectivity index (χ1) is 11.3. The van der Waals surface area contributed by atoms with Crippen LogP contribution in [0.15, 0.2) is 36.4 Å². The topological polar surface area (TPSA) is 49.4 Å². The van der Waals surface area contributed by atoms with Crippen LogP contribution < -0.4 is 5.32 Å². The van der Waals surface area contributed by atoms with E-state index in [9.17, 15) is 18.4 Å². The molecule has 0 atom stereocenters. The number of amides is 2. The quantitative estimate of drug-likeness (QED) is 0.825. The summed E-state index contributed by atoms with van der Waals surface area (Å²) < 4.78 is 26.3. The third-order valence-electron chi connectivity index (χ3n) is 3.10. The van der Waals surface area contributed by atoms with Crippen LogP contribution >= 0.6 is 23.2 Å². The molecule has 0 aromatic heterocycles. The minimum atomic E-state index is -0.784. The number of nitrogens with zero attached hydrogens (tertiary/aromatic N) is 1. The van der Waals surface area contributed by atoms with Crippen LogP contribution in [0.3, 0.4) is 0 Å². The molecule has 0 spiro atoms. The van der Waals surface area contributed by atoms with Gasteiger partial charge in [0.15, 0.2) is 0 Å². The molecule has 24 heavy (non-hydrogen) atoms. The fourth-order valence-corrected chi connectivity index (χ4v) is 2.38. The zero-order valence-corrected chi connectivity index (χ0v) is 14.0. The lowest BCUT2D eigenvalue weighted by Crippen LogP contribution is -2.35. The normalized spacial score (nSPS) is 10.4. The molecule has 2 aromatic carbocycles. The predicted molar refractivity (Wildman–Crippen MR) is 88.4 cm³/mol. The van der Waals surface area contributed by atoms with Crippen molar-refractivity contribution in [2.45, 2.75) is 0 Å². The minimum absolute atomic E-state index is 0.0165. The molecule has 126 valence electrons. The molecule has 0 fully saturated rings. The summed E-state index contributed by atoms with van der Waals surface area (Å²) in [7, 11) is 1.37. The van der Waals surface area contributed by atoms with Gasteiger partial charge in [-0.2, -0.15) is 0 Å². The van der Waals surface area contributed by atoms with E-state index in [0.29, 0.717) is 5.69 Å². The number of hydrogen-bond donors (Lipinski definition) is 1. The number of likely N-dealkylation sites (N-methyl/N-ethyl adjacent to an activating group) is 1. The molecule has 0 saturated carbocycles. The monoisotopic (exact) mass is 372 g/mol. The van der Waals surface area contributed by atoms with E-state index in [1.165, 1.54) is 31.3 Å². The molecule has 0 aliphatic heterocycles. The van der Waals surface area contributed by atoms with E-state index in [4.69, 9.17) is 23.2 Å². The summed E-state index contributed by atoms with van der Waals surface area (Å²) in [6.45, 7) is -0.295. The molecule has 8 heteroatoms. The number of rotatable bonds is 4. The summed E-state index contributed by atoms with van der Waals surface area (Å²) in [5, 5.41) is 2.30. The van der Waals surface area contributed by atoms with Gasteiger partial charge in [-0.25, -0.2) is 8.78 Å². The van der Waals surface area contributed by atoms with E-state index in [1.54, 1.807) is 0 Å². The van der Waals surface area contributed by atoms with Crippen LogP contribution in [-0.4, -0.2) is 30.3 Å². The van der Waals surface area contributed by atoms with Crippen LogP contribution in [0.2, 0.25) is 10.0 Å². The van der Waals surface area contributed by atoms with Crippen molar-refractivity contribution >= 4 is 40.7 Å². The van der Waals surface area contributed by atoms with Gasteiger partial charge in [0.25, 0.3) is 5.91 Å². The Labute approximate surface area is 147 Å². The molecule has 1 N–H and O–H groups in total. The fraction of sp³-hybridized carbons (Fsp3) is 0.125. The smallest absolute Gasteiger partial charge is 0.255 e. The van der Waals surface area contributed by atoms with Gasteiger partial charge in [-0.3, -0.25) is 9.59 Å². The lowest BCUT2D eigenvalue weighted by atomic mass is 10.2. The maximum atomic E-state index is 13.5. The number of carbonyl (C=O) groups is 2. The Morgan fingerprint density at radius 3 is 2.33 bits per heavy atom. The molecule has 2 rings (SSSR count). The molecule has 4 nitrogen and oxygen atoms in total. The number of benzene rings is 2. The number of carbonyl (C=O) groups excluding carboxylic acids is 2. The maximum absolute atomic E-state index is 13.5. The molecule has 2 aromatic rings. The van der Waals surface area contributed by atoms with Gasteiger partial charge >= 0.3 is 0 Å². The summed E-state index contributed by atoms with van der Waals surface area (Å²) in [5.74, 6) is -2.35. The first-order valence-electron chi connectivity index (χ1n) is 6.73. The molecule has 0 heterocycles. The largest absolute Gasteiger partial charge is 0.332 e. The SMILES string of the molecule is CN(CC(=O)Nc1ccc(F)cc1)C(=O)c1cc(F)c(Cl)cc1Cl. The molecule has 0 aliphatic carbocycles. The van der Waals surface area contributed by atoms with Crippen molar-refractivity contribution in [1.82, 2.24) is 4.90 Å². The number of hydrogen-bond acceptors (Lipinski definition) is 2. The van der Waals surface area contributed by atoms with Gasteiger partial charge in [0.1, 0.15) is 11.6 Å². The first-order valence-corrected chi connectivity index (χ1v) is 7.49. The van der Waals surface area contributed by atoms with Gasteiger partial charge in [0.2, 0.25) is 5.91 Å². The Bertz CT molecular complexity index is 782. The lowest BCUT2D eigenvalue weighted by Gasteiger charge is -2.18.